The van der Waals surface area contributed by atoms with Crippen molar-refractivity contribution >= 4 is 21.1 Å². The van der Waals surface area contributed by atoms with Crippen LogP contribution in [0.25, 0.3) is 33.4 Å². The van der Waals surface area contributed by atoms with Crippen molar-refractivity contribution < 1.29 is 13.2 Å². The van der Waals surface area contributed by atoms with E-state index < -0.39 is 10.0 Å². The number of likely N-dealkylation sites (N-methyl/N-ethyl adjacent to an activating group) is 1. The lowest BCUT2D eigenvalue weighted by molar-refractivity contribution is 0.288. The Balaban J connectivity index is 1.77. The predicted octanol–water partition coefficient (Wildman–Crippen LogP) is 4.64. The van der Waals surface area contributed by atoms with E-state index in [0.717, 1.165) is 45.2 Å². The van der Waals surface area contributed by atoms with Gasteiger partial charge in [0.2, 0.25) is 10.0 Å². The number of ether oxygens (including phenoxy) is 1. The molecule has 1 aromatic carbocycles. The van der Waals surface area contributed by atoms with E-state index in [2.05, 4.69) is 40.6 Å². The van der Waals surface area contributed by atoms with E-state index in [0.29, 0.717) is 5.75 Å². The molecule has 170 valence electrons. The first-order valence-electron chi connectivity index (χ1n) is 10.7. The fourth-order valence-electron chi connectivity index (χ4n) is 3.80. The number of nitrogens with one attached hydrogen (secondary N) is 1. The second kappa shape index (κ2) is 9.56. The lowest BCUT2D eigenvalue weighted by Gasteiger charge is -2.16. The minimum absolute atomic E-state index is 0.168. The summed E-state index contributed by atoms with van der Waals surface area (Å²) in [5.74, 6) is 0.559. The molecule has 0 fully saturated rings. The molecule has 4 rings (SSSR count). The Morgan fingerprint density at radius 3 is 2.73 bits per heavy atom. The van der Waals surface area contributed by atoms with E-state index in [1.165, 1.54) is 16.9 Å². The van der Waals surface area contributed by atoms with Crippen LogP contribution in [0.2, 0.25) is 0 Å². The summed E-state index contributed by atoms with van der Waals surface area (Å²) in [6, 6.07) is 14.1. The van der Waals surface area contributed by atoms with E-state index in [1.807, 2.05) is 30.3 Å². The highest BCUT2D eigenvalue weighted by molar-refractivity contribution is 7.91. The second-order valence-corrected chi connectivity index (χ2v) is 9.53. The van der Waals surface area contributed by atoms with Crippen LogP contribution in [0.1, 0.15) is 12.5 Å². The second-order valence-electron chi connectivity index (χ2n) is 7.54. The fourth-order valence-corrected chi connectivity index (χ4v) is 4.38. The van der Waals surface area contributed by atoms with Crippen molar-refractivity contribution in [2.45, 2.75) is 13.3 Å². The molecule has 0 aliphatic heterocycles. The standard InChI is InChI=1S/C25H26N4O3S/c1-4-18-9-6-7-10-19(18)23-24(28-21-11-8-13-27-25(21)23)20-12-14-26-17-22(20)32-16-15-29(3)33(30,31)5-2/h5-14,17,28H,2,4,15-16H2,1,3H3. The van der Waals surface area contributed by atoms with Gasteiger partial charge in [0, 0.05) is 42.5 Å². The molecule has 0 unspecified atom stereocenters. The van der Waals surface area contributed by atoms with Gasteiger partial charge in [-0.1, -0.05) is 37.8 Å². The number of rotatable bonds is 9. The summed E-state index contributed by atoms with van der Waals surface area (Å²) in [7, 11) is -2.00. The third kappa shape index (κ3) is 4.53. The third-order valence-corrected chi connectivity index (χ3v) is 7.06. The van der Waals surface area contributed by atoms with Crippen LogP contribution in [-0.2, 0) is 16.4 Å². The van der Waals surface area contributed by atoms with Crippen molar-refractivity contribution in [2.24, 2.45) is 0 Å². The first-order chi connectivity index (χ1) is 16.0. The first-order valence-corrected chi connectivity index (χ1v) is 12.2. The van der Waals surface area contributed by atoms with Gasteiger partial charge in [-0.15, -0.1) is 0 Å². The van der Waals surface area contributed by atoms with Crippen LogP contribution in [0.5, 0.6) is 5.75 Å². The molecule has 0 spiro atoms. The topological polar surface area (TPSA) is 88.2 Å². The number of nitrogens with zero attached hydrogens (tertiary/aromatic N) is 3. The fraction of sp³-hybridized carbons (Fsp3) is 0.200. The van der Waals surface area contributed by atoms with Crippen LogP contribution in [0.3, 0.4) is 0 Å². The average molecular weight is 463 g/mol. The Hall–Kier alpha value is -3.49. The van der Waals surface area contributed by atoms with Crippen molar-refractivity contribution in [1.82, 2.24) is 19.3 Å². The van der Waals surface area contributed by atoms with Gasteiger partial charge in [0.05, 0.1) is 22.9 Å². The lowest BCUT2D eigenvalue weighted by Crippen LogP contribution is -2.29. The number of sulfonamides is 1. The van der Waals surface area contributed by atoms with Crippen LogP contribution in [0.4, 0.5) is 0 Å². The molecule has 3 aromatic heterocycles. The Bertz CT molecular complexity index is 1400. The van der Waals surface area contributed by atoms with Crippen molar-refractivity contribution in [3.8, 4) is 28.1 Å². The van der Waals surface area contributed by atoms with Gasteiger partial charge < -0.3 is 9.72 Å². The van der Waals surface area contributed by atoms with E-state index in [1.54, 1.807) is 18.6 Å². The van der Waals surface area contributed by atoms with Gasteiger partial charge in [0.1, 0.15) is 12.4 Å². The quantitative estimate of drug-likeness (QED) is 0.392. The maximum absolute atomic E-state index is 11.9. The van der Waals surface area contributed by atoms with Gasteiger partial charge in [-0.2, -0.15) is 4.31 Å². The van der Waals surface area contributed by atoms with E-state index in [4.69, 9.17) is 4.74 Å². The molecule has 3 heterocycles. The number of benzene rings is 1. The van der Waals surface area contributed by atoms with Crippen LogP contribution in [0, 0.1) is 0 Å². The van der Waals surface area contributed by atoms with Crippen molar-refractivity contribution in [3.63, 3.8) is 0 Å². The Kier molecular flexibility index (Phi) is 6.57. The van der Waals surface area contributed by atoms with Gasteiger partial charge in [0.15, 0.2) is 0 Å². The molecule has 4 aromatic rings. The molecule has 8 heteroatoms. The smallest absolute Gasteiger partial charge is 0.235 e. The van der Waals surface area contributed by atoms with Crippen LogP contribution in [-0.4, -0.2) is 47.9 Å². The molecule has 0 saturated carbocycles. The highest BCUT2D eigenvalue weighted by atomic mass is 32.2. The number of hydrogen-bond donors (Lipinski definition) is 1. The zero-order valence-electron chi connectivity index (χ0n) is 18.7. The van der Waals surface area contributed by atoms with E-state index >= 15 is 0 Å². The number of H-pyrrole nitrogens is 1. The molecule has 0 aliphatic rings. The Morgan fingerprint density at radius 1 is 1.12 bits per heavy atom. The van der Waals surface area contributed by atoms with Crippen LogP contribution in [0.15, 0.2) is 73.0 Å². The SMILES string of the molecule is C=CS(=O)(=O)N(C)CCOc1cnccc1-c1[nH]c2cccnc2c1-c1ccccc1CC. The predicted molar refractivity (Wildman–Crippen MR) is 131 cm³/mol. The van der Waals surface area contributed by atoms with Crippen molar-refractivity contribution in [1.29, 1.82) is 0 Å². The van der Waals surface area contributed by atoms with Gasteiger partial charge in [-0.3, -0.25) is 9.97 Å². The Morgan fingerprint density at radius 2 is 1.94 bits per heavy atom. The average Bonchev–Trinajstić information content (AvgIpc) is 3.23. The normalized spacial score (nSPS) is 11.7. The van der Waals surface area contributed by atoms with Crippen molar-refractivity contribution in [2.75, 3.05) is 20.2 Å². The maximum atomic E-state index is 11.9. The number of aryl methyl sites for hydroxylation is 1. The minimum Gasteiger partial charge on any atom is -0.490 e. The summed E-state index contributed by atoms with van der Waals surface area (Å²) in [4.78, 5) is 12.4. The molecule has 0 bridgehead atoms. The first kappa shape index (κ1) is 22.7. The number of hydrogen-bond acceptors (Lipinski definition) is 5. The summed E-state index contributed by atoms with van der Waals surface area (Å²) in [5.41, 5.74) is 6.86. The minimum atomic E-state index is -3.50. The summed E-state index contributed by atoms with van der Waals surface area (Å²) >= 11 is 0. The Labute approximate surface area is 193 Å². The molecular weight excluding hydrogens is 436 g/mol. The van der Waals surface area contributed by atoms with E-state index in [9.17, 15) is 8.42 Å². The summed E-state index contributed by atoms with van der Waals surface area (Å²) < 4.78 is 31.0. The zero-order valence-corrected chi connectivity index (χ0v) is 19.5. The summed E-state index contributed by atoms with van der Waals surface area (Å²) in [5, 5.41) is 0.928. The maximum Gasteiger partial charge on any atom is 0.235 e. The molecule has 0 amide bonds. The molecular formula is C25H26N4O3S. The largest absolute Gasteiger partial charge is 0.490 e. The van der Waals surface area contributed by atoms with E-state index in [-0.39, 0.29) is 13.2 Å². The van der Waals surface area contributed by atoms with Crippen LogP contribution >= 0.6 is 0 Å². The lowest BCUT2D eigenvalue weighted by atomic mass is 9.95. The molecule has 0 aliphatic carbocycles. The molecule has 0 atom stereocenters. The van der Waals surface area contributed by atoms with Crippen molar-refractivity contribution in [3.05, 3.63) is 78.6 Å². The monoisotopic (exact) mass is 462 g/mol. The molecule has 0 saturated heterocycles. The molecule has 33 heavy (non-hydrogen) atoms. The van der Waals surface area contributed by atoms with Gasteiger partial charge in [-0.25, -0.2) is 8.42 Å². The zero-order chi connectivity index (χ0) is 23.4. The molecule has 0 radical (unpaired) electrons. The van der Waals surface area contributed by atoms with Gasteiger partial charge in [-0.05, 0) is 35.7 Å². The highest BCUT2D eigenvalue weighted by Gasteiger charge is 2.21. The van der Waals surface area contributed by atoms with Crippen LogP contribution < -0.4 is 4.74 Å². The number of pyridine rings is 2. The van der Waals surface area contributed by atoms with Gasteiger partial charge in [0.25, 0.3) is 0 Å². The summed E-state index contributed by atoms with van der Waals surface area (Å²) in [6.07, 6.45) is 6.04. The number of aromatic nitrogens is 3. The van der Waals surface area contributed by atoms with Gasteiger partial charge >= 0.3 is 0 Å². The number of fused-ring (bicyclic) bond motifs is 1. The molecule has 7 nitrogen and oxygen atoms in total. The molecule has 1 N–H and O–H groups in total. The third-order valence-electron chi connectivity index (χ3n) is 5.58. The highest BCUT2D eigenvalue weighted by Crippen LogP contribution is 2.41. The summed E-state index contributed by atoms with van der Waals surface area (Å²) in [6.45, 7) is 5.84. The number of aromatic amines is 1.